The number of anilines is 2. The van der Waals surface area contributed by atoms with Crippen molar-refractivity contribution in [2.24, 2.45) is 0 Å². The molecule has 0 aromatic heterocycles. The van der Waals surface area contributed by atoms with Crippen LogP contribution in [0.4, 0.5) is 11.4 Å². The van der Waals surface area contributed by atoms with E-state index in [0.29, 0.717) is 16.1 Å². The average molecular weight is 271 g/mol. The summed E-state index contributed by atoms with van der Waals surface area (Å²) >= 11 is 12.2. The molecule has 4 heteroatoms. The molecule has 3 rings (SSSR count). The SMILES string of the molecule is Clc1cc2c(cc1Cl)N1CCCCCC1CN2. The summed E-state index contributed by atoms with van der Waals surface area (Å²) in [5, 5.41) is 4.75. The Hall–Kier alpha value is -0.600. The van der Waals surface area contributed by atoms with Gasteiger partial charge in [-0.3, -0.25) is 0 Å². The van der Waals surface area contributed by atoms with Crippen molar-refractivity contribution in [3.05, 3.63) is 22.2 Å². The van der Waals surface area contributed by atoms with Gasteiger partial charge in [0.25, 0.3) is 0 Å². The van der Waals surface area contributed by atoms with E-state index < -0.39 is 0 Å². The predicted molar refractivity (Wildman–Crippen MR) is 74.6 cm³/mol. The highest BCUT2D eigenvalue weighted by Gasteiger charge is 2.27. The Morgan fingerprint density at radius 1 is 1.12 bits per heavy atom. The standard InChI is InChI=1S/C13H16Cl2N2/c14-10-6-12-13(7-11(10)15)17-5-3-1-2-4-9(17)8-16-12/h6-7,9,16H,1-5,8H2. The third kappa shape index (κ3) is 2.09. The van der Waals surface area contributed by atoms with Crippen molar-refractivity contribution >= 4 is 34.6 Å². The first kappa shape index (κ1) is 11.5. The third-order valence-corrected chi connectivity index (χ3v) is 4.48. The lowest BCUT2D eigenvalue weighted by atomic mass is 10.1. The summed E-state index contributed by atoms with van der Waals surface area (Å²) < 4.78 is 0. The van der Waals surface area contributed by atoms with E-state index in [1.54, 1.807) is 0 Å². The van der Waals surface area contributed by atoms with Crippen molar-refractivity contribution < 1.29 is 0 Å². The minimum Gasteiger partial charge on any atom is -0.381 e. The number of hydrogen-bond donors (Lipinski definition) is 1. The number of nitrogens with one attached hydrogen (secondary N) is 1. The van der Waals surface area contributed by atoms with E-state index in [9.17, 15) is 0 Å². The van der Waals surface area contributed by atoms with Crippen molar-refractivity contribution in [2.45, 2.75) is 31.7 Å². The van der Waals surface area contributed by atoms with E-state index in [2.05, 4.69) is 10.2 Å². The molecule has 1 N–H and O–H groups in total. The first-order chi connectivity index (χ1) is 8.25. The van der Waals surface area contributed by atoms with E-state index in [0.717, 1.165) is 18.8 Å². The molecule has 0 spiro atoms. The molecule has 1 aromatic rings. The normalized spacial score (nSPS) is 23.4. The smallest absolute Gasteiger partial charge is 0.0621 e. The first-order valence-electron chi connectivity index (χ1n) is 6.25. The molecule has 1 fully saturated rings. The van der Waals surface area contributed by atoms with Gasteiger partial charge in [-0.1, -0.05) is 36.0 Å². The molecular formula is C13H16Cl2N2. The number of hydrogen-bond acceptors (Lipinski definition) is 2. The van der Waals surface area contributed by atoms with Crippen LogP contribution >= 0.6 is 23.2 Å². The Balaban J connectivity index is 2.01. The minimum absolute atomic E-state index is 0.613. The number of benzene rings is 1. The van der Waals surface area contributed by atoms with E-state index in [1.807, 2.05) is 12.1 Å². The van der Waals surface area contributed by atoms with Gasteiger partial charge in [-0.05, 0) is 25.0 Å². The van der Waals surface area contributed by atoms with Gasteiger partial charge in [0, 0.05) is 19.1 Å². The van der Waals surface area contributed by atoms with Crippen LogP contribution in [0.2, 0.25) is 10.0 Å². The molecule has 1 aromatic carbocycles. The fourth-order valence-electron chi connectivity index (χ4n) is 2.85. The lowest BCUT2D eigenvalue weighted by molar-refractivity contribution is 0.583. The highest BCUT2D eigenvalue weighted by molar-refractivity contribution is 6.42. The van der Waals surface area contributed by atoms with Gasteiger partial charge in [-0.25, -0.2) is 0 Å². The number of fused-ring (bicyclic) bond motifs is 3. The van der Waals surface area contributed by atoms with Crippen LogP contribution in [0, 0.1) is 0 Å². The van der Waals surface area contributed by atoms with E-state index in [1.165, 1.54) is 31.4 Å². The number of rotatable bonds is 0. The molecule has 0 radical (unpaired) electrons. The molecule has 0 saturated carbocycles. The van der Waals surface area contributed by atoms with Crippen molar-refractivity contribution in [3.63, 3.8) is 0 Å². The van der Waals surface area contributed by atoms with Crippen LogP contribution in [0.5, 0.6) is 0 Å². The molecule has 2 aliphatic rings. The summed E-state index contributed by atoms with van der Waals surface area (Å²) in [5.74, 6) is 0. The van der Waals surface area contributed by atoms with Gasteiger partial charge < -0.3 is 10.2 Å². The summed E-state index contributed by atoms with van der Waals surface area (Å²) in [5.41, 5.74) is 2.34. The zero-order valence-electron chi connectivity index (χ0n) is 9.68. The predicted octanol–water partition coefficient (Wildman–Crippen LogP) is 4.17. The molecule has 17 heavy (non-hydrogen) atoms. The van der Waals surface area contributed by atoms with Gasteiger partial charge in [0.2, 0.25) is 0 Å². The zero-order chi connectivity index (χ0) is 11.8. The van der Waals surface area contributed by atoms with Crippen molar-refractivity contribution in [1.82, 2.24) is 0 Å². The molecule has 1 atom stereocenters. The fraction of sp³-hybridized carbons (Fsp3) is 0.538. The second kappa shape index (κ2) is 4.58. The van der Waals surface area contributed by atoms with Gasteiger partial charge in [-0.15, -0.1) is 0 Å². The van der Waals surface area contributed by atoms with Crippen molar-refractivity contribution in [3.8, 4) is 0 Å². The minimum atomic E-state index is 0.613. The van der Waals surface area contributed by atoms with E-state index in [-0.39, 0.29) is 0 Å². The molecular weight excluding hydrogens is 255 g/mol. The van der Waals surface area contributed by atoms with Crippen molar-refractivity contribution in [2.75, 3.05) is 23.3 Å². The molecule has 2 aliphatic heterocycles. The highest BCUT2D eigenvalue weighted by atomic mass is 35.5. The molecule has 1 unspecified atom stereocenters. The largest absolute Gasteiger partial charge is 0.381 e. The van der Waals surface area contributed by atoms with Gasteiger partial charge in [0.1, 0.15) is 0 Å². The molecule has 0 aliphatic carbocycles. The molecule has 0 amide bonds. The maximum atomic E-state index is 6.13. The first-order valence-corrected chi connectivity index (χ1v) is 7.01. The quantitative estimate of drug-likeness (QED) is 0.762. The molecule has 2 nitrogen and oxygen atoms in total. The van der Waals surface area contributed by atoms with Crippen LogP contribution in [-0.2, 0) is 0 Å². The maximum absolute atomic E-state index is 6.13. The lowest BCUT2D eigenvalue weighted by Gasteiger charge is -2.38. The van der Waals surface area contributed by atoms with Crippen LogP contribution < -0.4 is 10.2 Å². The monoisotopic (exact) mass is 270 g/mol. The second-order valence-electron chi connectivity index (χ2n) is 4.86. The van der Waals surface area contributed by atoms with Gasteiger partial charge in [0.05, 0.1) is 21.4 Å². The summed E-state index contributed by atoms with van der Waals surface area (Å²) in [6.07, 6.45) is 5.21. The average Bonchev–Trinajstić information content (AvgIpc) is 2.56. The van der Waals surface area contributed by atoms with E-state index >= 15 is 0 Å². The Kier molecular flexibility index (Phi) is 3.10. The van der Waals surface area contributed by atoms with Crippen molar-refractivity contribution in [1.29, 1.82) is 0 Å². The van der Waals surface area contributed by atoms with Crippen LogP contribution in [0.15, 0.2) is 12.1 Å². The Bertz CT molecular complexity index is 434. The molecule has 0 bridgehead atoms. The fourth-order valence-corrected chi connectivity index (χ4v) is 3.17. The molecule has 2 heterocycles. The Morgan fingerprint density at radius 3 is 2.82 bits per heavy atom. The summed E-state index contributed by atoms with van der Waals surface area (Å²) in [6.45, 7) is 2.16. The van der Waals surface area contributed by atoms with Crippen LogP contribution in [-0.4, -0.2) is 19.1 Å². The van der Waals surface area contributed by atoms with Crippen LogP contribution in [0.25, 0.3) is 0 Å². The molecule has 92 valence electrons. The number of nitrogens with zero attached hydrogens (tertiary/aromatic N) is 1. The van der Waals surface area contributed by atoms with Gasteiger partial charge in [-0.2, -0.15) is 0 Å². The topological polar surface area (TPSA) is 15.3 Å². The Morgan fingerprint density at radius 2 is 1.94 bits per heavy atom. The van der Waals surface area contributed by atoms with Crippen LogP contribution in [0.1, 0.15) is 25.7 Å². The van der Waals surface area contributed by atoms with Gasteiger partial charge >= 0.3 is 0 Å². The molecule has 1 saturated heterocycles. The highest BCUT2D eigenvalue weighted by Crippen LogP contribution is 2.39. The zero-order valence-corrected chi connectivity index (χ0v) is 11.2. The van der Waals surface area contributed by atoms with Crippen LogP contribution in [0.3, 0.4) is 0 Å². The summed E-state index contributed by atoms with van der Waals surface area (Å²) in [7, 11) is 0. The summed E-state index contributed by atoms with van der Waals surface area (Å²) in [4.78, 5) is 2.50. The Labute approximate surface area is 112 Å². The maximum Gasteiger partial charge on any atom is 0.0621 e. The number of halogens is 2. The summed E-state index contributed by atoms with van der Waals surface area (Å²) in [6, 6.07) is 4.56. The third-order valence-electron chi connectivity index (χ3n) is 3.75. The lowest BCUT2D eigenvalue weighted by Crippen LogP contribution is -2.43. The van der Waals surface area contributed by atoms with Gasteiger partial charge in [0.15, 0.2) is 0 Å². The van der Waals surface area contributed by atoms with E-state index in [4.69, 9.17) is 23.2 Å². The second-order valence-corrected chi connectivity index (χ2v) is 5.68.